The molecule has 1 saturated carbocycles. The highest BCUT2D eigenvalue weighted by Gasteiger charge is 2.28. The van der Waals surface area contributed by atoms with Gasteiger partial charge in [0.15, 0.2) is 0 Å². The molecule has 144 valence electrons. The van der Waals surface area contributed by atoms with Crippen LogP contribution in [0, 0.1) is 11.8 Å². The molecule has 2 aliphatic heterocycles. The van der Waals surface area contributed by atoms with Crippen LogP contribution in [0.2, 0.25) is 0 Å². The van der Waals surface area contributed by atoms with Crippen LogP contribution in [0.5, 0.6) is 0 Å². The molecule has 3 heterocycles. The summed E-state index contributed by atoms with van der Waals surface area (Å²) in [6, 6.07) is 0. The van der Waals surface area contributed by atoms with E-state index in [1.54, 1.807) is 0 Å². The van der Waals surface area contributed by atoms with Crippen molar-refractivity contribution in [2.24, 2.45) is 11.8 Å². The minimum Gasteiger partial charge on any atom is -0.306 e. The van der Waals surface area contributed by atoms with Crippen molar-refractivity contribution in [2.75, 3.05) is 33.2 Å². The molecule has 0 atom stereocenters. The third kappa shape index (κ3) is 4.64. The van der Waals surface area contributed by atoms with Gasteiger partial charge in [0.2, 0.25) is 0 Å². The predicted molar refractivity (Wildman–Crippen MR) is 106 cm³/mol. The number of likely N-dealkylation sites (tertiary alicyclic amines) is 2. The molecule has 3 aliphatic rings. The van der Waals surface area contributed by atoms with Crippen molar-refractivity contribution in [1.29, 1.82) is 0 Å². The van der Waals surface area contributed by atoms with E-state index in [1.165, 1.54) is 89.5 Å². The first kappa shape index (κ1) is 18.4. The van der Waals surface area contributed by atoms with Gasteiger partial charge >= 0.3 is 0 Å². The van der Waals surface area contributed by atoms with Gasteiger partial charge in [0.25, 0.3) is 0 Å². The van der Waals surface area contributed by atoms with Gasteiger partial charge in [0, 0.05) is 30.4 Å². The van der Waals surface area contributed by atoms with Gasteiger partial charge in [0.1, 0.15) is 5.82 Å². The van der Waals surface area contributed by atoms with Crippen molar-refractivity contribution < 1.29 is 0 Å². The average Bonchev–Trinajstić information content (AvgIpc) is 2.71. The van der Waals surface area contributed by atoms with Gasteiger partial charge in [-0.3, -0.25) is 4.90 Å². The summed E-state index contributed by atoms with van der Waals surface area (Å²) in [6.07, 6.45) is 16.4. The molecule has 0 bridgehead atoms. The van der Waals surface area contributed by atoms with Crippen LogP contribution >= 0.6 is 0 Å². The minimum absolute atomic E-state index is 0.614. The normalized spacial score (nSPS) is 25.6. The zero-order chi connectivity index (χ0) is 17.8. The molecule has 0 radical (unpaired) electrons. The maximum Gasteiger partial charge on any atom is 0.131 e. The molecule has 3 fully saturated rings. The quantitative estimate of drug-likeness (QED) is 0.814. The first-order valence-corrected chi connectivity index (χ1v) is 11.0. The van der Waals surface area contributed by atoms with E-state index >= 15 is 0 Å². The number of hydrogen-bond acceptors (Lipinski definition) is 4. The van der Waals surface area contributed by atoms with Gasteiger partial charge in [-0.2, -0.15) is 0 Å². The highest BCUT2D eigenvalue weighted by molar-refractivity contribution is 5.08. The summed E-state index contributed by atoms with van der Waals surface area (Å²) in [6.45, 7) is 6.14. The van der Waals surface area contributed by atoms with Crippen LogP contribution < -0.4 is 0 Å². The molecule has 4 heteroatoms. The number of rotatable bonds is 4. The van der Waals surface area contributed by atoms with Gasteiger partial charge in [-0.1, -0.05) is 19.3 Å². The zero-order valence-electron chi connectivity index (χ0n) is 16.6. The zero-order valence-corrected chi connectivity index (χ0v) is 16.6. The molecular formula is C22H36N4. The van der Waals surface area contributed by atoms with Crippen molar-refractivity contribution in [3.05, 3.63) is 23.8 Å². The Kier molecular flexibility index (Phi) is 6.21. The van der Waals surface area contributed by atoms with E-state index < -0.39 is 0 Å². The minimum atomic E-state index is 0.614. The SMILES string of the molecule is CN1CCC(C2CCN(Cc3cnc(C4CCCCC4)nc3)CC2)CC1. The van der Waals surface area contributed by atoms with Crippen molar-refractivity contribution in [3.8, 4) is 0 Å². The smallest absolute Gasteiger partial charge is 0.131 e. The lowest BCUT2D eigenvalue weighted by atomic mass is 9.79. The first-order chi connectivity index (χ1) is 12.8. The van der Waals surface area contributed by atoms with E-state index in [-0.39, 0.29) is 0 Å². The molecule has 0 amide bonds. The van der Waals surface area contributed by atoms with Crippen molar-refractivity contribution in [2.45, 2.75) is 70.3 Å². The van der Waals surface area contributed by atoms with E-state index in [2.05, 4.69) is 29.2 Å². The second-order valence-corrected chi connectivity index (χ2v) is 9.04. The molecule has 26 heavy (non-hydrogen) atoms. The summed E-state index contributed by atoms with van der Waals surface area (Å²) in [7, 11) is 2.26. The summed E-state index contributed by atoms with van der Waals surface area (Å²) in [4.78, 5) is 14.5. The van der Waals surface area contributed by atoms with Gasteiger partial charge < -0.3 is 4.90 Å². The average molecular weight is 357 g/mol. The Morgan fingerprint density at radius 2 is 1.38 bits per heavy atom. The predicted octanol–water partition coefficient (Wildman–Crippen LogP) is 4.08. The third-order valence-electron chi connectivity index (χ3n) is 7.16. The van der Waals surface area contributed by atoms with Crippen LogP contribution in [0.4, 0.5) is 0 Å². The topological polar surface area (TPSA) is 32.3 Å². The fourth-order valence-electron chi connectivity index (χ4n) is 5.36. The van der Waals surface area contributed by atoms with Gasteiger partial charge in [-0.15, -0.1) is 0 Å². The second kappa shape index (κ2) is 8.79. The summed E-state index contributed by atoms with van der Waals surface area (Å²) < 4.78 is 0. The molecule has 2 saturated heterocycles. The van der Waals surface area contributed by atoms with Crippen LogP contribution in [0.3, 0.4) is 0 Å². The molecule has 0 spiro atoms. The van der Waals surface area contributed by atoms with Crippen LogP contribution in [0.15, 0.2) is 12.4 Å². The molecule has 0 N–H and O–H groups in total. The molecule has 1 aliphatic carbocycles. The second-order valence-electron chi connectivity index (χ2n) is 9.04. The highest BCUT2D eigenvalue weighted by atomic mass is 15.1. The molecular weight excluding hydrogens is 320 g/mol. The number of aromatic nitrogens is 2. The van der Waals surface area contributed by atoms with Crippen molar-refractivity contribution in [3.63, 3.8) is 0 Å². The lowest BCUT2D eigenvalue weighted by Gasteiger charge is -2.39. The molecule has 0 unspecified atom stereocenters. The molecule has 1 aromatic rings. The van der Waals surface area contributed by atoms with Crippen molar-refractivity contribution in [1.82, 2.24) is 19.8 Å². The van der Waals surface area contributed by atoms with Crippen LogP contribution in [0.1, 0.15) is 75.1 Å². The lowest BCUT2D eigenvalue weighted by Crippen LogP contribution is -2.39. The summed E-state index contributed by atoms with van der Waals surface area (Å²) in [5.41, 5.74) is 1.29. The fraction of sp³-hybridized carbons (Fsp3) is 0.818. The standard InChI is InChI=1S/C22H36N4/c1-25-11-7-19(8-12-25)20-9-13-26(14-10-20)17-18-15-23-22(24-16-18)21-5-3-2-4-6-21/h15-16,19-21H,2-14,17H2,1H3. The summed E-state index contributed by atoms with van der Waals surface area (Å²) >= 11 is 0. The van der Waals surface area contributed by atoms with Gasteiger partial charge in [-0.05, 0) is 83.6 Å². The number of hydrogen-bond donors (Lipinski definition) is 0. The molecule has 4 nitrogen and oxygen atoms in total. The first-order valence-electron chi connectivity index (χ1n) is 11.0. The largest absolute Gasteiger partial charge is 0.306 e. The van der Waals surface area contributed by atoms with Gasteiger partial charge in [-0.25, -0.2) is 9.97 Å². The highest BCUT2D eigenvalue weighted by Crippen LogP contribution is 2.33. The number of piperidine rings is 2. The summed E-state index contributed by atoms with van der Waals surface area (Å²) in [5, 5.41) is 0. The molecule has 0 aromatic carbocycles. The Balaban J connectivity index is 1.24. The van der Waals surface area contributed by atoms with Crippen LogP contribution in [-0.4, -0.2) is 53.0 Å². The Labute approximate surface area is 159 Å². The Morgan fingerprint density at radius 3 is 2.00 bits per heavy atom. The Bertz CT molecular complexity index is 536. The van der Waals surface area contributed by atoms with Crippen molar-refractivity contribution >= 4 is 0 Å². The van der Waals surface area contributed by atoms with Gasteiger partial charge in [0.05, 0.1) is 0 Å². The summed E-state index contributed by atoms with van der Waals surface area (Å²) in [5.74, 6) is 3.65. The van der Waals surface area contributed by atoms with E-state index in [0.717, 1.165) is 24.2 Å². The van der Waals surface area contributed by atoms with E-state index in [9.17, 15) is 0 Å². The van der Waals surface area contributed by atoms with E-state index in [4.69, 9.17) is 9.97 Å². The number of nitrogens with zero attached hydrogens (tertiary/aromatic N) is 4. The van der Waals surface area contributed by atoms with Crippen LogP contribution in [-0.2, 0) is 6.54 Å². The van der Waals surface area contributed by atoms with E-state index in [0.29, 0.717) is 5.92 Å². The monoisotopic (exact) mass is 356 g/mol. The van der Waals surface area contributed by atoms with Crippen LogP contribution in [0.25, 0.3) is 0 Å². The maximum absolute atomic E-state index is 4.72. The Hall–Kier alpha value is -1.00. The molecule has 1 aromatic heterocycles. The Morgan fingerprint density at radius 1 is 0.808 bits per heavy atom. The third-order valence-corrected chi connectivity index (χ3v) is 7.16. The lowest BCUT2D eigenvalue weighted by molar-refractivity contribution is 0.102. The maximum atomic E-state index is 4.72. The van der Waals surface area contributed by atoms with E-state index in [1.807, 2.05) is 0 Å². The fourth-order valence-corrected chi connectivity index (χ4v) is 5.36. The molecule has 4 rings (SSSR count).